The standard InChI is InChI=1S/C28H32N4O4S/c1-28(2,3)21-15-20(16-24(26(21)34)30(4)37(5,35)36)25(33)18-32-23-14-10-9-13-22(23)31(27(32)29)17-19-11-7-6-8-12-19/h6-16,29,34H,17-18H2,1-5H3. The number of hydrogen-bond acceptors (Lipinski definition) is 5. The summed E-state index contributed by atoms with van der Waals surface area (Å²) in [5.41, 5.74) is 3.03. The lowest BCUT2D eigenvalue weighted by molar-refractivity contribution is 0.0971. The Morgan fingerprint density at radius 2 is 1.54 bits per heavy atom. The highest BCUT2D eigenvalue weighted by Crippen LogP contribution is 2.39. The zero-order valence-corrected chi connectivity index (χ0v) is 22.5. The number of nitrogens with zero attached hydrogens (tertiary/aromatic N) is 3. The molecule has 4 aromatic rings. The summed E-state index contributed by atoms with van der Waals surface area (Å²) in [5, 5.41) is 19.8. The second kappa shape index (κ2) is 9.55. The highest BCUT2D eigenvalue weighted by atomic mass is 32.2. The number of carbonyl (C=O) groups is 1. The quantitative estimate of drug-likeness (QED) is 0.355. The second-order valence-corrected chi connectivity index (χ2v) is 12.3. The maximum absolute atomic E-state index is 13.6. The first kappa shape index (κ1) is 26.2. The number of para-hydroxylation sites is 2. The van der Waals surface area contributed by atoms with Gasteiger partial charge >= 0.3 is 0 Å². The van der Waals surface area contributed by atoms with Crippen LogP contribution in [0.3, 0.4) is 0 Å². The third kappa shape index (κ3) is 5.17. The third-order valence-corrected chi connectivity index (χ3v) is 7.71. The normalized spacial score (nSPS) is 12.1. The van der Waals surface area contributed by atoms with Crippen LogP contribution >= 0.6 is 0 Å². The number of aromatic hydroxyl groups is 1. The van der Waals surface area contributed by atoms with Gasteiger partial charge in [-0.25, -0.2) is 8.42 Å². The van der Waals surface area contributed by atoms with Gasteiger partial charge in [0, 0.05) is 18.2 Å². The smallest absolute Gasteiger partial charge is 0.232 e. The van der Waals surface area contributed by atoms with Gasteiger partial charge in [0.2, 0.25) is 15.6 Å². The molecule has 2 N–H and O–H groups in total. The molecule has 1 aromatic heterocycles. The van der Waals surface area contributed by atoms with Gasteiger partial charge in [0.15, 0.2) is 5.78 Å². The molecule has 0 atom stereocenters. The Balaban J connectivity index is 1.81. The molecule has 0 spiro atoms. The Kier molecular flexibility index (Phi) is 6.77. The first-order chi connectivity index (χ1) is 17.3. The molecule has 4 rings (SSSR count). The molecule has 0 aliphatic carbocycles. The molecular weight excluding hydrogens is 488 g/mol. The van der Waals surface area contributed by atoms with Crippen LogP contribution < -0.4 is 9.92 Å². The number of carbonyl (C=O) groups excluding carboxylic acids is 1. The van der Waals surface area contributed by atoms with Gasteiger partial charge in [0.05, 0.1) is 36.1 Å². The molecule has 0 radical (unpaired) electrons. The van der Waals surface area contributed by atoms with Crippen molar-refractivity contribution in [1.82, 2.24) is 9.13 Å². The lowest BCUT2D eigenvalue weighted by Crippen LogP contribution is -2.28. The van der Waals surface area contributed by atoms with Crippen molar-refractivity contribution in [3.8, 4) is 5.75 Å². The Bertz CT molecular complexity index is 1650. The fraction of sp³-hybridized carbons (Fsp3) is 0.286. The molecule has 9 heteroatoms. The van der Waals surface area contributed by atoms with Crippen LogP contribution in [-0.2, 0) is 28.5 Å². The van der Waals surface area contributed by atoms with Crippen LogP contribution in [-0.4, -0.2) is 41.7 Å². The molecule has 0 aliphatic heterocycles. The van der Waals surface area contributed by atoms with E-state index in [0.717, 1.165) is 27.2 Å². The van der Waals surface area contributed by atoms with E-state index in [4.69, 9.17) is 5.41 Å². The van der Waals surface area contributed by atoms with Crippen molar-refractivity contribution >= 4 is 32.5 Å². The molecule has 0 amide bonds. The van der Waals surface area contributed by atoms with Crippen LogP contribution in [0.15, 0.2) is 66.7 Å². The van der Waals surface area contributed by atoms with Gasteiger partial charge in [-0.05, 0) is 35.2 Å². The van der Waals surface area contributed by atoms with Crippen LogP contribution in [0.5, 0.6) is 5.75 Å². The SMILES string of the molecule is CN(c1cc(C(=O)Cn2c(=N)n(Cc3ccccc3)c3ccccc32)cc(C(C)(C)C)c1O)S(C)(=O)=O. The monoisotopic (exact) mass is 520 g/mol. The van der Waals surface area contributed by atoms with Crippen molar-refractivity contribution in [3.05, 3.63) is 89.0 Å². The average Bonchev–Trinajstić information content (AvgIpc) is 3.09. The van der Waals surface area contributed by atoms with E-state index < -0.39 is 15.4 Å². The molecule has 3 aromatic carbocycles. The maximum atomic E-state index is 13.6. The number of sulfonamides is 1. The van der Waals surface area contributed by atoms with E-state index in [1.807, 2.05) is 79.9 Å². The van der Waals surface area contributed by atoms with Gasteiger partial charge in [0.1, 0.15) is 5.75 Å². The number of imidazole rings is 1. The minimum atomic E-state index is -3.68. The number of nitrogens with one attached hydrogen (secondary N) is 1. The Morgan fingerprint density at radius 3 is 2.11 bits per heavy atom. The fourth-order valence-corrected chi connectivity index (χ4v) is 4.88. The summed E-state index contributed by atoms with van der Waals surface area (Å²) < 4.78 is 29.0. The summed E-state index contributed by atoms with van der Waals surface area (Å²) in [6.07, 6.45) is 1.04. The predicted molar refractivity (Wildman–Crippen MR) is 146 cm³/mol. The van der Waals surface area contributed by atoms with Crippen LogP contribution in [0.4, 0.5) is 5.69 Å². The summed E-state index contributed by atoms with van der Waals surface area (Å²) in [7, 11) is -2.33. The van der Waals surface area contributed by atoms with E-state index >= 15 is 0 Å². The van der Waals surface area contributed by atoms with Gasteiger partial charge in [0.25, 0.3) is 0 Å². The molecule has 0 fully saturated rings. The number of fused-ring (bicyclic) bond motifs is 1. The van der Waals surface area contributed by atoms with Crippen molar-refractivity contribution in [3.63, 3.8) is 0 Å². The van der Waals surface area contributed by atoms with E-state index in [1.54, 1.807) is 10.6 Å². The fourth-order valence-electron chi connectivity index (χ4n) is 4.39. The van der Waals surface area contributed by atoms with Gasteiger partial charge in [-0.1, -0.05) is 63.2 Å². The highest BCUT2D eigenvalue weighted by Gasteiger charge is 2.27. The van der Waals surface area contributed by atoms with Crippen molar-refractivity contribution in [2.24, 2.45) is 0 Å². The van der Waals surface area contributed by atoms with Crippen molar-refractivity contribution in [2.75, 3.05) is 17.6 Å². The number of benzene rings is 3. The molecule has 0 bridgehead atoms. The summed E-state index contributed by atoms with van der Waals surface area (Å²) in [4.78, 5) is 13.6. The topological polar surface area (TPSA) is 108 Å². The van der Waals surface area contributed by atoms with Crippen LogP contribution in [0.25, 0.3) is 11.0 Å². The molecule has 1 heterocycles. The lowest BCUT2D eigenvalue weighted by Gasteiger charge is -2.26. The number of aromatic nitrogens is 2. The van der Waals surface area contributed by atoms with Gasteiger partial charge < -0.3 is 14.2 Å². The van der Waals surface area contributed by atoms with Crippen LogP contribution in [0.1, 0.15) is 42.3 Å². The molecule has 0 unspecified atom stereocenters. The summed E-state index contributed by atoms with van der Waals surface area (Å²) in [6, 6.07) is 20.4. The van der Waals surface area contributed by atoms with Crippen molar-refractivity contribution in [1.29, 1.82) is 5.41 Å². The molecule has 37 heavy (non-hydrogen) atoms. The predicted octanol–water partition coefficient (Wildman–Crippen LogP) is 4.25. The van der Waals surface area contributed by atoms with Gasteiger partial charge in [-0.2, -0.15) is 0 Å². The molecule has 0 saturated carbocycles. The Morgan fingerprint density at radius 1 is 0.973 bits per heavy atom. The minimum Gasteiger partial charge on any atom is -0.505 e. The summed E-state index contributed by atoms with van der Waals surface area (Å²) >= 11 is 0. The number of Topliss-reactive ketones (excluding diaryl/α,β-unsaturated/α-hetero) is 1. The maximum Gasteiger partial charge on any atom is 0.232 e. The summed E-state index contributed by atoms with van der Waals surface area (Å²) in [6.45, 7) is 6.02. The largest absolute Gasteiger partial charge is 0.505 e. The molecule has 194 valence electrons. The van der Waals surface area contributed by atoms with Gasteiger partial charge in [-0.3, -0.25) is 14.5 Å². The molecular formula is C28H32N4O4S. The van der Waals surface area contributed by atoms with E-state index in [9.17, 15) is 18.3 Å². The number of rotatable bonds is 7. The number of hydrogen-bond donors (Lipinski definition) is 2. The van der Waals surface area contributed by atoms with Crippen molar-refractivity contribution < 1.29 is 18.3 Å². The zero-order chi connectivity index (χ0) is 27.1. The Hall–Kier alpha value is -3.85. The highest BCUT2D eigenvalue weighted by molar-refractivity contribution is 7.92. The molecule has 0 aliphatic rings. The second-order valence-electron chi connectivity index (χ2n) is 10.3. The van der Waals surface area contributed by atoms with Crippen molar-refractivity contribution in [2.45, 2.75) is 39.3 Å². The van der Waals surface area contributed by atoms with E-state index in [2.05, 4.69) is 0 Å². The number of phenols is 1. The van der Waals surface area contributed by atoms with Gasteiger partial charge in [-0.15, -0.1) is 0 Å². The van der Waals surface area contributed by atoms with E-state index in [0.29, 0.717) is 12.1 Å². The number of phenolic OH excluding ortho intramolecular Hbond substituents is 1. The van der Waals surface area contributed by atoms with Crippen LogP contribution in [0.2, 0.25) is 0 Å². The number of ketones is 1. The zero-order valence-electron chi connectivity index (χ0n) is 21.7. The minimum absolute atomic E-state index is 0.0425. The average molecular weight is 521 g/mol. The van der Waals surface area contributed by atoms with Crippen LogP contribution in [0, 0.1) is 5.41 Å². The van der Waals surface area contributed by atoms with E-state index in [1.165, 1.54) is 13.1 Å². The Labute approximate surface area is 217 Å². The number of anilines is 1. The molecule has 8 nitrogen and oxygen atoms in total. The van der Waals surface area contributed by atoms with E-state index in [-0.39, 0.29) is 34.9 Å². The summed E-state index contributed by atoms with van der Waals surface area (Å²) in [5.74, 6) is -0.472. The first-order valence-electron chi connectivity index (χ1n) is 11.9. The lowest BCUT2D eigenvalue weighted by atomic mass is 9.84. The first-order valence-corrected chi connectivity index (χ1v) is 13.7. The third-order valence-electron chi connectivity index (χ3n) is 6.52. The molecule has 0 saturated heterocycles.